The molecule has 41 heavy (non-hydrogen) atoms. The Labute approximate surface area is 244 Å². The number of amidine groups is 1. The maximum absolute atomic E-state index is 6.32. The number of likely N-dealkylation sites (tertiary alicyclic amines) is 1. The first-order chi connectivity index (χ1) is 20.0. The average Bonchev–Trinajstić information content (AvgIpc) is 3.71. The smallest absolute Gasteiger partial charge is 0.161 e. The molecule has 1 aliphatic heterocycles. The number of nitrogens with zero attached hydrogens (tertiary/aromatic N) is 7. The second-order valence-corrected chi connectivity index (χ2v) is 10.4. The number of fused-ring (bicyclic) bond motifs is 1. The molecular formula is C33H42N8. The summed E-state index contributed by atoms with van der Waals surface area (Å²) in [5, 5.41) is 4.37. The molecule has 5 rings (SSSR count). The molecule has 214 valence electrons. The largest absolute Gasteiger partial charge is 0.384 e. The van der Waals surface area contributed by atoms with Gasteiger partial charge in [-0.05, 0) is 92.9 Å². The Hall–Kier alpha value is -4.30. The highest BCUT2D eigenvalue weighted by Crippen LogP contribution is 2.41. The summed E-state index contributed by atoms with van der Waals surface area (Å²) in [6.45, 7) is 18.9. The van der Waals surface area contributed by atoms with E-state index in [1.54, 1.807) is 24.0 Å². The number of hydrogen-bond acceptors (Lipinski definition) is 6. The number of nitrogens with two attached hydrogens (primary N) is 1. The molecule has 8 nitrogen and oxygen atoms in total. The summed E-state index contributed by atoms with van der Waals surface area (Å²) < 4.78 is 1.74. The fourth-order valence-corrected chi connectivity index (χ4v) is 5.72. The van der Waals surface area contributed by atoms with Gasteiger partial charge in [0.1, 0.15) is 11.5 Å². The lowest BCUT2D eigenvalue weighted by Gasteiger charge is -2.35. The van der Waals surface area contributed by atoms with Gasteiger partial charge in [0.25, 0.3) is 0 Å². The van der Waals surface area contributed by atoms with Crippen molar-refractivity contribution in [3.8, 4) is 5.82 Å². The summed E-state index contributed by atoms with van der Waals surface area (Å²) in [5.41, 5.74) is 11.7. The Bertz CT molecular complexity index is 1400. The third-order valence-corrected chi connectivity index (χ3v) is 7.97. The van der Waals surface area contributed by atoms with Crippen LogP contribution in [-0.2, 0) is 6.42 Å². The number of pyridine rings is 1. The van der Waals surface area contributed by atoms with Gasteiger partial charge in [-0.15, -0.1) is 13.2 Å². The second-order valence-electron chi connectivity index (χ2n) is 10.4. The molecule has 0 amide bonds. The van der Waals surface area contributed by atoms with E-state index in [4.69, 9.17) is 10.7 Å². The summed E-state index contributed by atoms with van der Waals surface area (Å²) in [7, 11) is 1.70. The summed E-state index contributed by atoms with van der Waals surface area (Å²) in [6, 6.07) is 13.0. The molecule has 2 aromatic heterocycles. The molecule has 1 saturated heterocycles. The standard InChI is InChI=1S/C31H38N8.C2H4/c1-5-7-24(30(32)34-4)21-38(31-27(33-3)11-13-29(36-31)39-17-6-16-35-39)25-9-10-26-23(20-25)8-12-28(26)37-18-14-22(2)15-19-37;1-2/h5-7,9-11,13,16-17,20,22,28H,1,3,8,12,14-15,18-19,21H2,2,4H3,(H2,32,34);1-2H2/b24-7-;. The quantitative estimate of drug-likeness (QED) is 0.145. The normalized spacial score (nSPS) is 17.9. The van der Waals surface area contributed by atoms with Crippen LogP contribution in [0.5, 0.6) is 0 Å². The van der Waals surface area contributed by atoms with Crippen molar-refractivity contribution in [3.05, 3.63) is 97.4 Å². The second kappa shape index (κ2) is 13.9. The number of benzene rings is 1. The first kappa shape index (κ1) is 29.7. The molecule has 0 spiro atoms. The van der Waals surface area contributed by atoms with Gasteiger partial charge in [0.05, 0.1) is 6.54 Å². The van der Waals surface area contributed by atoms with Crippen LogP contribution in [0.1, 0.15) is 43.4 Å². The van der Waals surface area contributed by atoms with Gasteiger partial charge in [0.2, 0.25) is 0 Å². The maximum atomic E-state index is 6.32. The number of piperidine rings is 1. The van der Waals surface area contributed by atoms with E-state index in [1.165, 1.54) is 37.1 Å². The Morgan fingerprint density at radius 2 is 1.95 bits per heavy atom. The van der Waals surface area contributed by atoms with E-state index >= 15 is 0 Å². The van der Waals surface area contributed by atoms with E-state index in [-0.39, 0.29) is 0 Å². The molecule has 1 aliphatic carbocycles. The predicted molar refractivity (Wildman–Crippen MR) is 172 cm³/mol. The number of aliphatic imine (C=N–C) groups is 2. The number of allylic oxidation sites excluding steroid dienone is 2. The number of aromatic nitrogens is 3. The Morgan fingerprint density at radius 1 is 1.17 bits per heavy atom. The van der Waals surface area contributed by atoms with Crippen molar-refractivity contribution in [3.63, 3.8) is 0 Å². The van der Waals surface area contributed by atoms with Crippen molar-refractivity contribution in [1.29, 1.82) is 0 Å². The zero-order valence-electron chi connectivity index (χ0n) is 24.4. The van der Waals surface area contributed by atoms with E-state index in [0.29, 0.717) is 35.7 Å². The molecule has 2 aliphatic rings. The van der Waals surface area contributed by atoms with Crippen LogP contribution < -0.4 is 10.6 Å². The van der Waals surface area contributed by atoms with Crippen LogP contribution in [0.2, 0.25) is 0 Å². The van der Waals surface area contributed by atoms with Gasteiger partial charge in [-0.3, -0.25) is 14.9 Å². The first-order valence-electron chi connectivity index (χ1n) is 14.2. The van der Waals surface area contributed by atoms with Crippen molar-refractivity contribution in [1.82, 2.24) is 19.7 Å². The van der Waals surface area contributed by atoms with Crippen molar-refractivity contribution < 1.29 is 0 Å². The van der Waals surface area contributed by atoms with Crippen molar-refractivity contribution >= 4 is 29.7 Å². The van der Waals surface area contributed by atoms with Crippen LogP contribution in [0, 0.1) is 5.92 Å². The minimum Gasteiger partial charge on any atom is -0.384 e. The first-order valence-corrected chi connectivity index (χ1v) is 14.2. The van der Waals surface area contributed by atoms with Gasteiger partial charge in [-0.2, -0.15) is 5.10 Å². The van der Waals surface area contributed by atoms with Crippen LogP contribution in [0.15, 0.2) is 96.2 Å². The van der Waals surface area contributed by atoms with Gasteiger partial charge in [-0.25, -0.2) is 9.67 Å². The molecule has 0 radical (unpaired) electrons. The average molecular weight is 551 g/mol. The SMILES string of the molecule is C=C.C=C/C=C(/CN(c1ccc2c(c1)CCC2N1CCC(C)CC1)c1nc(-n2cccn2)ccc1N=C)C(N)=NC. The third kappa shape index (κ3) is 6.55. The van der Waals surface area contributed by atoms with Gasteiger partial charge < -0.3 is 10.6 Å². The molecular weight excluding hydrogens is 508 g/mol. The van der Waals surface area contributed by atoms with Crippen molar-refractivity contribution in [2.45, 2.75) is 38.6 Å². The van der Waals surface area contributed by atoms with Gasteiger partial charge >= 0.3 is 0 Å². The Morgan fingerprint density at radius 3 is 2.61 bits per heavy atom. The highest BCUT2D eigenvalue weighted by molar-refractivity contribution is 5.98. The van der Waals surface area contributed by atoms with Gasteiger partial charge in [0.15, 0.2) is 11.6 Å². The van der Waals surface area contributed by atoms with Crippen LogP contribution >= 0.6 is 0 Å². The van der Waals surface area contributed by atoms with Crippen molar-refractivity contribution in [2.75, 3.05) is 31.6 Å². The minimum absolute atomic E-state index is 0.444. The van der Waals surface area contributed by atoms with Crippen molar-refractivity contribution in [2.24, 2.45) is 21.6 Å². The van der Waals surface area contributed by atoms with Gasteiger partial charge in [0, 0.05) is 36.7 Å². The highest BCUT2D eigenvalue weighted by Gasteiger charge is 2.31. The van der Waals surface area contributed by atoms with E-state index < -0.39 is 0 Å². The summed E-state index contributed by atoms with van der Waals surface area (Å²) in [4.78, 5) is 18.4. The molecule has 0 bridgehead atoms. The lowest BCUT2D eigenvalue weighted by Crippen LogP contribution is -2.35. The minimum atomic E-state index is 0.444. The fourth-order valence-electron chi connectivity index (χ4n) is 5.72. The van der Waals surface area contributed by atoms with E-state index in [1.807, 2.05) is 30.5 Å². The van der Waals surface area contributed by atoms with Crippen LogP contribution in [0.3, 0.4) is 0 Å². The number of aryl methyl sites for hydroxylation is 1. The lowest BCUT2D eigenvalue weighted by atomic mass is 9.96. The molecule has 8 heteroatoms. The van der Waals surface area contributed by atoms with Crippen LogP contribution in [-0.4, -0.2) is 58.9 Å². The van der Waals surface area contributed by atoms with E-state index in [0.717, 1.165) is 30.0 Å². The molecule has 0 saturated carbocycles. The third-order valence-electron chi connectivity index (χ3n) is 7.97. The van der Waals surface area contributed by atoms with E-state index in [9.17, 15) is 0 Å². The molecule has 1 aromatic carbocycles. The zero-order valence-corrected chi connectivity index (χ0v) is 24.4. The Balaban J connectivity index is 0.00000189. The molecule has 2 N–H and O–H groups in total. The van der Waals surface area contributed by atoms with Crippen LogP contribution in [0.4, 0.5) is 17.2 Å². The summed E-state index contributed by atoms with van der Waals surface area (Å²) >= 11 is 0. The zero-order chi connectivity index (χ0) is 29.4. The maximum Gasteiger partial charge on any atom is 0.161 e. The Kier molecular flexibility index (Phi) is 10.0. The monoisotopic (exact) mass is 550 g/mol. The summed E-state index contributed by atoms with van der Waals surface area (Å²) in [6.07, 6.45) is 12.0. The molecule has 1 fully saturated rings. The molecule has 1 atom stereocenters. The number of anilines is 2. The molecule has 3 aromatic rings. The topological polar surface area (TPSA) is 87.9 Å². The number of hydrogen-bond donors (Lipinski definition) is 1. The number of rotatable bonds is 9. The van der Waals surface area contributed by atoms with E-state index in [2.05, 4.69) is 76.5 Å². The summed E-state index contributed by atoms with van der Waals surface area (Å²) in [5.74, 6) is 2.65. The lowest BCUT2D eigenvalue weighted by molar-refractivity contribution is 0.137. The highest BCUT2D eigenvalue weighted by atomic mass is 15.3. The van der Waals surface area contributed by atoms with Gasteiger partial charge in [-0.1, -0.05) is 31.7 Å². The van der Waals surface area contributed by atoms with Crippen LogP contribution in [0.25, 0.3) is 5.82 Å². The molecule has 1 unspecified atom stereocenters. The molecule has 3 heterocycles. The fraction of sp³-hybridized carbons (Fsp3) is 0.333. The predicted octanol–water partition coefficient (Wildman–Crippen LogP) is 6.36.